The van der Waals surface area contributed by atoms with Gasteiger partial charge in [0.05, 0.1) is 22.5 Å². The maximum Gasteiger partial charge on any atom is 0.262 e. The smallest absolute Gasteiger partial charge is 0.262 e. The number of hydrogen-bond acceptors (Lipinski definition) is 4. The SMILES string of the molecule is CCCn1c(SCc2ccc(C#N)cc2)nc2ccc(Br)cc2c1=O. The minimum absolute atomic E-state index is 0.00419. The Labute approximate surface area is 158 Å². The fraction of sp³-hybridized carbons (Fsp3) is 0.211. The van der Waals surface area contributed by atoms with Gasteiger partial charge in [0.2, 0.25) is 0 Å². The number of thioether (sulfide) groups is 1. The van der Waals surface area contributed by atoms with Crippen LogP contribution in [0, 0.1) is 11.3 Å². The van der Waals surface area contributed by atoms with Gasteiger partial charge in [0.1, 0.15) is 0 Å². The first-order valence-corrected chi connectivity index (χ1v) is 9.72. The molecule has 0 aliphatic heterocycles. The highest BCUT2D eigenvalue weighted by Crippen LogP contribution is 2.24. The Morgan fingerprint density at radius 1 is 1.24 bits per heavy atom. The number of nitriles is 1. The fourth-order valence-electron chi connectivity index (χ4n) is 2.53. The van der Waals surface area contributed by atoms with E-state index in [2.05, 4.69) is 22.0 Å². The number of nitrogens with zero attached hydrogens (tertiary/aromatic N) is 3. The molecule has 0 spiro atoms. The predicted molar refractivity (Wildman–Crippen MR) is 105 cm³/mol. The molecule has 0 unspecified atom stereocenters. The maximum absolute atomic E-state index is 12.8. The first-order valence-electron chi connectivity index (χ1n) is 7.94. The topological polar surface area (TPSA) is 58.7 Å². The van der Waals surface area contributed by atoms with Crippen LogP contribution in [0.2, 0.25) is 0 Å². The van der Waals surface area contributed by atoms with Crippen molar-refractivity contribution in [2.45, 2.75) is 30.8 Å². The molecule has 1 heterocycles. The van der Waals surface area contributed by atoms with Gasteiger partial charge in [-0.2, -0.15) is 5.26 Å². The molecule has 3 aromatic rings. The standard InChI is InChI=1S/C19H16BrN3OS/c1-2-9-23-18(24)16-10-15(20)7-8-17(16)22-19(23)25-12-14-5-3-13(11-21)4-6-14/h3-8,10H,2,9,12H2,1H3. The molecule has 2 aromatic carbocycles. The van der Waals surface area contributed by atoms with E-state index in [1.165, 1.54) is 0 Å². The Morgan fingerprint density at radius 2 is 2.00 bits per heavy atom. The number of fused-ring (bicyclic) bond motifs is 1. The summed E-state index contributed by atoms with van der Waals surface area (Å²) >= 11 is 4.96. The molecule has 0 N–H and O–H groups in total. The Hall–Kier alpha value is -2.10. The van der Waals surface area contributed by atoms with Gasteiger partial charge in [-0.3, -0.25) is 9.36 Å². The number of aromatic nitrogens is 2. The lowest BCUT2D eigenvalue weighted by Crippen LogP contribution is -2.23. The van der Waals surface area contributed by atoms with E-state index in [-0.39, 0.29) is 5.56 Å². The van der Waals surface area contributed by atoms with Gasteiger partial charge in [-0.25, -0.2) is 4.98 Å². The predicted octanol–water partition coefficient (Wildman–Crippen LogP) is 4.73. The van der Waals surface area contributed by atoms with Crippen molar-refractivity contribution in [2.75, 3.05) is 0 Å². The quantitative estimate of drug-likeness (QED) is 0.447. The molecule has 1 aromatic heterocycles. The van der Waals surface area contributed by atoms with Crippen molar-refractivity contribution in [3.05, 3.63) is 68.4 Å². The minimum Gasteiger partial charge on any atom is -0.287 e. The summed E-state index contributed by atoms with van der Waals surface area (Å²) in [5.74, 6) is 0.698. The van der Waals surface area contributed by atoms with E-state index in [4.69, 9.17) is 10.2 Å². The van der Waals surface area contributed by atoms with Crippen molar-refractivity contribution in [3.8, 4) is 6.07 Å². The second-order valence-electron chi connectivity index (χ2n) is 5.61. The lowest BCUT2D eigenvalue weighted by molar-refractivity contribution is 0.584. The summed E-state index contributed by atoms with van der Waals surface area (Å²) < 4.78 is 2.63. The summed E-state index contributed by atoms with van der Waals surface area (Å²) in [4.78, 5) is 17.5. The second-order valence-corrected chi connectivity index (χ2v) is 7.47. The van der Waals surface area contributed by atoms with Gasteiger partial charge in [0.15, 0.2) is 5.16 Å². The van der Waals surface area contributed by atoms with Gasteiger partial charge in [0, 0.05) is 16.8 Å². The molecular weight excluding hydrogens is 398 g/mol. The molecule has 3 rings (SSSR count). The summed E-state index contributed by atoms with van der Waals surface area (Å²) in [7, 11) is 0. The highest BCUT2D eigenvalue weighted by Gasteiger charge is 2.11. The van der Waals surface area contributed by atoms with Crippen LogP contribution in [0.4, 0.5) is 0 Å². The van der Waals surface area contributed by atoms with Gasteiger partial charge in [-0.1, -0.05) is 46.7 Å². The third-order valence-electron chi connectivity index (χ3n) is 3.78. The zero-order chi connectivity index (χ0) is 17.8. The first-order chi connectivity index (χ1) is 12.1. The maximum atomic E-state index is 12.8. The molecular formula is C19H16BrN3OS. The molecule has 0 amide bonds. The van der Waals surface area contributed by atoms with Gasteiger partial charge in [-0.05, 0) is 42.3 Å². The first kappa shape index (κ1) is 17.7. The largest absolute Gasteiger partial charge is 0.287 e. The van der Waals surface area contributed by atoms with E-state index in [1.807, 2.05) is 37.3 Å². The Morgan fingerprint density at radius 3 is 2.68 bits per heavy atom. The molecule has 0 bridgehead atoms. The lowest BCUT2D eigenvalue weighted by atomic mass is 10.2. The van der Waals surface area contributed by atoms with Gasteiger partial charge in [0.25, 0.3) is 5.56 Å². The van der Waals surface area contributed by atoms with Crippen molar-refractivity contribution in [3.63, 3.8) is 0 Å². The number of halogens is 1. The number of rotatable bonds is 5. The van der Waals surface area contributed by atoms with E-state index in [1.54, 1.807) is 28.5 Å². The molecule has 126 valence electrons. The van der Waals surface area contributed by atoms with Crippen LogP contribution < -0.4 is 5.56 Å². The van der Waals surface area contributed by atoms with Crippen LogP contribution in [-0.4, -0.2) is 9.55 Å². The zero-order valence-corrected chi connectivity index (χ0v) is 16.1. The van der Waals surface area contributed by atoms with E-state index >= 15 is 0 Å². The molecule has 0 fully saturated rings. The van der Waals surface area contributed by atoms with E-state index in [0.29, 0.717) is 28.8 Å². The highest BCUT2D eigenvalue weighted by molar-refractivity contribution is 9.10. The monoisotopic (exact) mass is 413 g/mol. The van der Waals surface area contributed by atoms with E-state index in [0.717, 1.165) is 21.6 Å². The van der Waals surface area contributed by atoms with Gasteiger partial charge in [-0.15, -0.1) is 0 Å². The van der Waals surface area contributed by atoms with Gasteiger partial charge < -0.3 is 0 Å². The third-order valence-corrected chi connectivity index (χ3v) is 5.32. The molecule has 0 atom stereocenters. The third kappa shape index (κ3) is 3.94. The van der Waals surface area contributed by atoms with E-state index in [9.17, 15) is 4.79 Å². The van der Waals surface area contributed by atoms with Crippen LogP contribution in [0.3, 0.4) is 0 Å². The Balaban J connectivity index is 1.96. The van der Waals surface area contributed by atoms with Crippen LogP contribution >= 0.6 is 27.7 Å². The van der Waals surface area contributed by atoms with Crippen LogP contribution in [0.25, 0.3) is 10.9 Å². The molecule has 6 heteroatoms. The fourth-order valence-corrected chi connectivity index (χ4v) is 3.87. The van der Waals surface area contributed by atoms with Gasteiger partial charge >= 0.3 is 0 Å². The lowest BCUT2D eigenvalue weighted by Gasteiger charge is -2.12. The molecule has 0 saturated carbocycles. The number of benzene rings is 2. The van der Waals surface area contributed by atoms with Crippen molar-refractivity contribution < 1.29 is 0 Å². The number of hydrogen-bond donors (Lipinski definition) is 0. The molecule has 25 heavy (non-hydrogen) atoms. The Bertz CT molecular complexity index is 1010. The van der Waals surface area contributed by atoms with Crippen molar-refractivity contribution in [2.24, 2.45) is 0 Å². The second kappa shape index (κ2) is 7.85. The highest BCUT2D eigenvalue weighted by atomic mass is 79.9. The Kier molecular flexibility index (Phi) is 5.57. The van der Waals surface area contributed by atoms with Crippen LogP contribution in [-0.2, 0) is 12.3 Å². The summed E-state index contributed by atoms with van der Waals surface area (Å²) in [5, 5.41) is 10.2. The molecule has 0 aliphatic carbocycles. The van der Waals surface area contributed by atoms with Crippen LogP contribution in [0.15, 0.2) is 56.9 Å². The molecule has 0 aliphatic rings. The van der Waals surface area contributed by atoms with Crippen molar-refractivity contribution >= 4 is 38.6 Å². The average molecular weight is 414 g/mol. The van der Waals surface area contributed by atoms with Crippen molar-refractivity contribution in [1.29, 1.82) is 5.26 Å². The molecule has 0 radical (unpaired) electrons. The normalized spacial score (nSPS) is 10.8. The summed E-state index contributed by atoms with van der Waals surface area (Å²) in [5.41, 5.74) is 2.45. The molecule has 0 saturated heterocycles. The van der Waals surface area contributed by atoms with E-state index < -0.39 is 0 Å². The van der Waals surface area contributed by atoms with Crippen molar-refractivity contribution in [1.82, 2.24) is 9.55 Å². The van der Waals surface area contributed by atoms with Crippen LogP contribution in [0.5, 0.6) is 0 Å². The zero-order valence-electron chi connectivity index (χ0n) is 13.7. The minimum atomic E-state index is -0.00419. The average Bonchev–Trinajstić information content (AvgIpc) is 2.63. The summed E-state index contributed by atoms with van der Waals surface area (Å²) in [6.07, 6.45) is 0.867. The molecule has 4 nitrogen and oxygen atoms in total. The van der Waals surface area contributed by atoms with Crippen LogP contribution in [0.1, 0.15) is 24.5 Å². The summed E-state index contributed by atoms with van der Waals surface area (Å²) in [6, 6.07) is 15.2. The summed E-state index contributed by atoms with van der Waals surface area (Å²) in [6.45, 7) is 2.69.